The Morgan fingerprint density at radius 3 is 2.58 bits per heavy atom. The van der Waals surface area contributed by atoms with Crippen molar-refractivity contribution in [3.05, 3.63) is 41.1 Å². The number of aryl methyl sites for hydroxylation is 1. The fraction of sp³-hybridized carbons (Fsp3) is 0.400. The smallest absolute Gasteiger partial charge is 0.132 e. The summed E-state index contributed by atoms with van der Waals surface area (Å²) in [5.41, 5.74) is 10.9. The second-order valence-electron chi connectivity index (χ2n) is 5.51. The van der Waals surface area contributed by atoms with Gasteiger partial charge in [-0.2, -0.15) is 5.10 Å². The number of hydrogen-bond donors (Lipinski definition) is 1. The van der Waals surface area contributed by atoms with E-state index in [1.807, 2.05) is 16.8 Å². The molecule has 4 heteroatoms. The van der Waals surface area contributed by atoms with Crippen LogP contribution < -0.4 is 5.73 Å². The number of aromatic nitrogens is 2. The van der Waals surface area contributed by atoms with Gasteiger partial charge in [0, 0.05) is 24.7 Å². The second kappa shape index (κ2) is 4.38. The lowest BCUT2D eigenvalue weighted by Gasteiger charge is -2.20. The summed E-state index contributed by atoms with van der Waals surface area (Å²) in [5.74, 6) is 0.785. The number of para-hydroxylation sites is 1. The minimum atomic E-state index is 0.528. The first-order valence-electron chi connectivity index (χ1n) is 6.74. The van der Waals surface area contributed by atoms with E-state index in [2.05, 4.69) is 37.8 Å². The molecule has 100 valence electrons. The molecule has 0 amide bonds. The second-order valence-corrected chi connectivity index (χ2v) is 5.51. The van der Waals surface area contributed by atoms with Gasteiger partial charge in [-0.1, -0.05) is 18.2 Å². The van der Waals surface area contributed by atoms with E-state index in [9.17, 15) is 0 Å². The highest BCUT2D eigenvalue weighted by molar-refractivity contribution is 5.53. The molecular weight excluding hydrogens is 236 g/mol. The number of hydrogen-bond acceptors (Lipinski definition) is 3. The standard InChI is InChI=1S/C15H20N4/c1-10(2)18-8-12-13(9-18)17-19(15(12)16)14-7-5-4-6-11(14)3/h4-7,10H,8-9,16H2,1-3H3. The van der Waals surface area contributed by atoms with Crippen LogP contribution in [0.2, 0.25) is 0 Å². The highest BCUT2D eigenvalue weighted by Crippen LogP contribution is 2.30. The third-order valence-electron chi connectivity index (χ3n) is 3.89. The van der Waals surface area contributed by atoms with E-state index in [1.165, 1.54) is 11.1 Å². The molecular formula is C15H20N4. The van der Waals surface area contributed by atoms with Crippen molar-refractivity contribution in [2.45, 2.75) is 39.9 Å². The van der Waals surface area contributed by atoms with Gasteiger partial charge in [-0.15, -0.1) is 0 Å². The van der Waals surface area contributed by atoms with Gasteiger partial charge in [0.05, 0.1) is 11.4 Å². The molecule has 1 aliphatic heterocycles. The normalized spacial score (nSPS) is 15.2. The quantitative estimate of drug-likeness (QED) is 0.898. The van der Waals surface area contributed by atoms with Gasteiger partial charge in [0.15, 0.2) is 0 Å². The van der Waals surface area contributed by atoms with Crippen LogP contribution in [0, 0.1) is 6.92 Å². The average molecular weight is 256 g/mol. The van der Waals surface area contributed by atoms with Crippen molar-refractivity contribution in [2.24, 2.45) is 0 Å². The Bertz CT molecular complexity index is 613. The van der Waals surface area contributed by atoms with E-state index in [1.54, 1.807) is 0 Å². The van der Waals surface area contributed by atoms with Crippen molar-refractivity contribution in [1.29, 1.82) is 0 Å². The number of anilines is 1. The lowest BCUT2D eigenvalue weighted by atomic mass is 10.2. The highest BCUT2D eigenvalue weighted by Gasteiger charge is 2.28. The Morgan fingerprint density at radius 2 is 1.95 bits per heavy atom. The van der Waals surface area contributed by atoms with Crippen molar-refractivity contribution in [3.63, 3.8) is 0 Å². The molecule has 2 N–H and O–H groups in total. The summed E-state index contributed by atoms with van der Waals surface area (Å²) < 4.78 is 1.89. The maximum Gasteiger partial charge on any atom is 0.132 e. The van der Waals surface area contributed by atoms with Crippen molar-refractivity contribution in [2.75, 3.05) is 5.73 Å². The number of rotatable bonds is 2. The molecule has 3 rings (SSSR count). The zero-order valence-corrected chi connectivity index (χ0v) is 11.7. The average Bonchev–Trinajstić information content (AvgIpc) is 2.91. The first-order chi connectivity index (χ1) is 9.08. The van der Waals surface area contributed by atoms with E-state index in [-0.39, 0.29) is 0 Å². The molecule has 0 saturated heterocycles. The summed E-state index contributed by atoms with van der Waals surface area (Å²) in [5, 5.41) is 4.70. The van der Waals surface area contributed by atoms with Crippen LogP contribution in [0.5, 0.6) is 0 Å². The Balaban J connectivity index is 2.01. The Morgan fingerprint density at radius 1 is 1.21 bits per heavy atom. The third-order valence-corrected chi connectivity index (χ3v) is 3.89. The van der Waals surface area contributed by atoms with Crippen molar-refractivity contribution in [1.82, 2.24) is 14.7 Å². The summed E-state index contributed by atoms with van der Waals surface area (Å²) in [4.78, 5) is 2.39. The first kappa shape index (κ1) is 12.2. The fourth-order valence-corrected chi connectivity index (χ4v) is 2.61. The van der Waals surface area contributed by atoms with Gasteiger partial charge in [0.1, 0.15) is 5.82 Å². The van der Waals surface area contributed by atoms with E-state index in [4.69, 9.17) is 10.8 Å². The number of fused-ring (bicyclic) bond motifs is 1. The number of nitrogen functional groups attached to an aromatic ring is 1. The molecule has 2 aromatic rings. The lowest BCUT2D eigenvalue weighted by molar-refractivity contribution is 0.224. The summed E-state index contributed by atoms with van der Waals surface area (Å²) >= 11 is 0. The molecule has 1 aromatic carbocycles. The van der Waals surface area contributed by atoms with Crippen LogP contribution in [0.4, 0.5) is 5.82 Å². The van der Waals surface area contributed by atoms with Crippen LogP contribution in [0.1, 0.15) is 30.7 Å². The monoisotopic (exact) mass is 256 g/mol. The maximum atomic E-state index is 6.29. The predicted molar refractivity (Wildman–Crippen MR) is 77.1 cm³/mol. The van der Waals surface area contributed by atoms with Crippen LogP contribution in [-0.2, 0) is 13.1 Å². The number of nitrogens with zero attached hydrogens (tertiary/aromatic N) is 3. The Labute approximate surface area is 113 Å². The van der Waals surface area contributed by atoms with Gasteiger partial charge < -0.3 is 5.73 Å². The SMILES string of the molecule is Cc1ccccc1-n1nc2c(c1N)CN(C(C)C)C2. The molecule has 0 fully saturated rings. The van der Waals surface area contributed by atoms with Gasteiger partial charge in [-0.05, 0) is 32.4 Å². The number of benzene rings is 1. The summed E-state index contributed by atoms with van der Waals surface area (Å²) in [6.45, 7) is 8.30. The van der Waals surface area contributed by atoms with Crippen LogP contribution in [0.25, 0.3) is 5.69 Å². The molecule has 2 heterocycles. The lowest BCUT2D eigenvalue weighted by Crippen LogP contribution is -2.25. The molecule has 19 heavy (non-hydrogen) atoms. The molecule has 0 unspecified atom stereocenters. The zero-order chi connectivity index (χ0) is 13.6. The van der Waals surface area contributed by atoms with Gasteiger partial charge in [-0.25, -0.2) is 4.68 Å². The predicted octanol–water partition coefficient (Wildman–Crippen LogP) is 2.49. The third kappa shape index (κ3) is 1.92. The highest BCUT2D eigenvalue weighted by atomic mass is 15.3. The van der Waals surface area contributed by atoms with Crippen LogP contribution in [0.15, 0.2) is 24.3 Å². The fourth-order valence-electron chi connectivity index (χ4n) is 2.61. The van der Waals surface area contributed by atoms with Crippen molar-refractivity contribution < 1.29 is 0 Å². The molecule has 0 radical (unpaired) electrons. The van der Waals surface area contributed by atoms with E-state index < -0.39 is 0 Å². The van der Waals surface area contributed by atoms with Gasteiger partial charge in [-0.3, -0.25) is 4.90 Å². The molecule has 1 aliphatic rings. The van der Waals surface area contributed by atoms with Crippen LogP contribution in [0.3, 0.4) is 0 Å². The van der Waals surface area contributed by atoms with Gasteiger partial charge in [0.25, 0.3) is 0 Å². The van der Waals surface area contributed by atoms with Crippen molar-refractivity contribution in [3.8, 4) is 5.69 Å². The summed E-state index contributed by atoms with van der Waals surface area (Å²) in [6.07, 6.45) is 0. The first-order valence-corrected chi connectivity index (χ1v) is 6.74. The minimum absolute atomic E-state index is 0.528. The molecule has 0 atom stereocenters. The topological polar surface area (TPSA) is 47.1 Å². The van der Waals surface area contributed by atoms with E-state index in [0.29, 0.717) is 6.04 Å². The molecule has 0 aliphatic carbocycles. The maximum absolute atomic E-state index is 6.29. The van der Waals surface area contributed by atoms with Gasteiger partial charge in [0.2, 0.25) is 0 Å². The summed E-state index contributed by atoms with van der Waals surface area (Å²) in [7, 11) is 0. The molecule has 1 aromatic heterocycles. The minimum Gasteiger partial charge on any atom is -0.383 e. The Kier molecular flexibility index (Phi) is 2.82. The van der Waals surface area contributed by atoms with Crippen LogP contribution >= 0.6 is 0 Å². The molecule has 0 saturated carbocycles. The zero-order valence-electron chi connectivity index (χ0n) is 11.7. The number of nitrogens with two attached hydrogens (primary N) is 1. The summed E-state index contributed by atoms with van der Waals surface area (Å²) in [6, 6.07) is 8.73. The van der Waals surface area contributed by atoms with E-state index in [0.717, 1.165) is 30.3 Å². The van der Waals surface area contributed by atoms with E-state index >= 15 is 0 Å². The van der Waals surface area contributed by atoms with Gasteiger partial charge >= 0.3 is 0 Å². The molecule has 0 spiro atoms. The van der Waals surface area contributed by atoms with Crippen molar-refractivity contribution >= 4 is 5.82 Å². The Hall–Kier alpha value is -1.81. The molecule has 4 nitrogen and oxygen atoms in total. The molecule has 0 bridgehead atoms. The largest absolute Gasteiger partial charge is 0.383 e. The van der Waals surface area contributed by atoms with Crippen LogP contribution in [-0.4, -0.2) is 20.7 Å².